The molecular formula is C14H17NO2. The molecule has 3 rings (SSSR count). The van der Waals surface area contributed by atoms with Gasteiger partial charge in [-0.1, -0.05) is 31.0 Å². The average Bonchev–Trinajstić information content (AvgIpc) is 3.07. The number of benzene rings is 1. The number of ether oxygens (including phenoxy) is 1. The van der Waals surface area contributed by atoms with Gasteiger partial charge in [0.25, 0.3) is 0 Å². The molecule has 1 aromatic carbocycles. The summed E-state index contributed by atoms with van der Waals surface area (Å²) in [5.41, 5.74) is 2.14. The molecule has 0 saturated heterocycles. The van der Waals surface area contributed by atoms with Crippen molar-refractivity contribution in [1.82, 2.24) is 0 Å². The summed E-state index contributed by atoms with van der Waals surface area (Å²) in [6.45, 7) is 1.25. The molecule has 0 aromatic heterocycles. The van der Waals surface area contributed by atoms with Gasteiger partial charge in [-0.2, -0.15) is 0 Å². The average molecular weight is 231 g/mol. The van der Waals surface area contributed by atoms with Crippen LogP contribution in [0.3, 0.4) is 0 Å². The van der Waals surface area contributed by atoms with Crippen molar-refractivity contribution in [3.05, 3.63) is 29.8 Å². The third kappa shape index (κ3) is 2.28. The van der Waals surface area contributed by atoms with Crippen molar-refractivity contribution in [3.63, 3.8) is 0 Å². The highest BCUT2D eigenvalue weighted by Crippen LogP contribution is 2.34. The van der Waals surface area contributed by atoms with Gasteiger partial charge in [-0.15, -0.1) is 0 Å². The Hall–Kier alpha value is -1.51. The second-order valence-electron chi connectivity index (χ2n) is 4.92. The first-order chi connectivity index (χ1) is 8.34. The zero-order valence-electron chi connectivity index (χ0n) is 9.82. The molecule has 17 heavy (non-hydrogen) atoms. The highest BCUT2D eigenvalue weighted by Gasteiger charge is 2.30. The molecule has 1 aliphatic heterocycles. The lowest BCUT2D eigenvalue weighted by molar-refractivity contribution is -0.145. The van der Waals surface area contributed by atoms with Crippen LogP contribution in [0.15, 0.2) is 24.3 Å². The van der Waals surface area contributed by atoms with E-state index >= 15 is 0 Å². The van der Waals surface area contributed by atoms with Crippen LogP contribution in [0.4, 0.5) is 5.69 Å². The minimum Gasteiger partial charge on any atom is -0.465 e. The molecule has 0 radical (unpaired) electrons. The third-order valence-corrected chi connectivity index (χ3v) is 3.58. The lowest BCUT2D eigenvalue weighted by Crippen LogP contribution is -2.18. The number of hydrogen-bond donors (Lipinski definition) is 1. The number of carbonyl (C=O) groups excluding carboxylic acids is 1. The molecule has 1 N–H and O–H groups in total. The van der Waals surface area contributed by atoms with Crippen LogP contribution in [0.25, 0.3) is 0 Å². The number of carbonyl (C=O) groups is 1. The number of para-hydroxylation sites is 1. The monoisotopic (exact) mass is 231 g/mol. The third-order valence-electron chi connectivity index (χ3n) is 3.58. The molecule has 1 atom stereocenters. The summed E-state index contributed by atoms with van der Waals surface area (Å²) >= 11 is 0. The summed E-state index contributed by atoms with van der Waals surface area (Å²) in [6.07, 6.45) is 3.66. The van der Waals surface area contributed by atoms with E-state index in [0.717, 1.165) is 23.6 Å². The summed E-state index contributed by atoms with van der Waals surface area (Å²) in [7, 11) is 0. The van der Waals surface area contributed by atoms with Gasteiger partial charge in [0.2, 0.25) is 0 Å². The van der Waals surface area contributed by atoms with Crippen LogP contribution < -0.4 is 5.32 Å². The normalized spacial score (nSPS) is 21.8. The van der Waals surface area contributed by atoms with Crippen LogP contribution in [-0.2, 0) is 9.53 Å². The van der Waals surface area contributed by atoms with E-state index in [1.54, 1.807) is 0 Å². The second-order valence-corrected chi connectivity index (χ2v) is 4.92. The summed E-state index contributed by atoms with van der Waals surface area (Å²) in [4.78, 5) is 11.9. The molecule has 1 aliphatic carbocycles. The first kappa shape index (κ1) is 10.6. The van der Waals surface area contributed by atoms with E-state index in [9.17, 15) is 4.79 Å². The van der Waals surface area contributed by atoms with Crippen LogP contribution >= 0.6 is 0 Å². The van der Waals surface area contributed by atoms with Gasteiger partial charge < -0.3 is 10.1 Å². The van der Waals surface area contributed by atoms with Gasteiger partial charge in [-0.25, -0.2) is 0 Å². The summed E-state index contributed by atoms with van der Waals surface area (Å²) in [6, 6.07) is 7.96. The predicted molar refractivity (Wildman–Crippen MR) is 66.0 cm³/mol. The molecule has 3 nitrogen and oxygen atoms in total. The van der Waals surface area contributed by atoms with Crippen LogP contribution in [-0.4, -0.2) is 19.1 Å². The van der Waals surface area contributed by atoms with Crippen LogP contribution in [0.5, 0.6) is 0 Å². The molecule has 2 aliphatic rings. The first-order valence-corrected chi connectivity index (χ1v) is 6.34. The van der Waals surface area contributed by atoms with Crippen LogP contribution in [0.1, 0.15) is 30.7 Å². The largest absolute Gasteiger partial charge is 0.465 e. The predicted octanol–water partition coefficient (Wildman–Crippen LogP) is 2.54. The van der Waals surface area contributed by atoms with E-state index in [-0.39, 0.29) is 11.9 Å². The minimum atomic E-state index is -0.120. The fourth-order valence-electron chi connectivity index (χ4n) is 2.33. The molecule has 1 saturated carbocycles. The molecule has 3 heteroatoms. The van der Waals surface area contributed by atoms with Gasteiger partial charge in [0.05, 0.1) is 6.61 Å². The van der Waals surface area contributed by atoms with E-state index in [1.807, 2.05) is 24.3 Å². The summed E-state index contributed by atoms with van der Waals surface area (Å²) < 4.78 is 5.35. The molecular weight excluding hydrogens is 214 g/mol. The fourth-order valence-corrected chi connectivity index (χ4v) is 2.33. The van der Waals surface area contributed by atoms with Crippen molar-refractivity contribution >= 4 is 11.7 Å². The maximum atomic E-state index is 11.9. The highest BCUT2D eigenvalue weighted by molar-refractivity contribution is 5.83. The quantitative estimate of drug-likeness (QED) is 0.809. The maximum absolute atomic E-state index is 11.9. The maximum Gasteiger partial charge on any atom is 0.315 e. The first-order valence-electron chi connectivity index (χ1n) is 6.34. The van der Waals surface area contributed by atoms with E-state index in [4.69, 9.17) is 4.74 Å². The van der Waals surface area contributed by atoms with Gasteiger partial charge in [0, 0.05) is 12.2 Å². The Morgan fingerprint density at radius 2 is 2.18 bits per heavy atom. The van der Waals surface area contributed by atoms with E-state index in [0.29, 0.717) is 13.2 Å². The van der Waals surface area contributed by atoms with Crippen molar-refractivity contribution in [2.45, 2.75) is 25.2 Å². The zero-order valence-corrected chi connectivity index (χ0v) is 9.82. The smallest absolute Gasteiger partial charge is 0.315 e. The zero-order chi connectivity index (χ0) is 11.7. The highest BCUT2D eigenvalue weighted by atomic mass is 16.5. The molecule has 0 amide bonds. The van der Waals surface area contributed by atoms with E-state index < -0.39 is 0 Å². The Bertz CT molecular complexity index is 426. The fraction of sp³-hybridized carbons (Fsp3) is 0.500. The lowest BCUT2D eigenvalue weighted by atomic mass is 10.0. The number of nitrogens with one attached hydrogen (secondary N) is 1. The van der Waals surface area contributed by atoms with Crippen molar-refractivity contribution in [2.75, 3.05) is 18.5 Å². The Kier molecular flexibility index (Phi) is 2.75. The van der Waals surface area contributed by atoms with E-state index in [1.165, 1.54) is 12.8 Å². The van der Waals surface area contributed by atoms with Crippen LogP contribution in [0.2, 0.25) is 0 Å². The van der Waals surface area contributed by atoms with Gasteiger partial charge in [0.1, 0.15) is 5.92 Å². The molecule has 1 heterocycles. The molecule has 1 aromatic rings. The van der Waals surface area contributed by atoms with Crippen molar-refractivity contribution in [1.29, 1.82) is 0 Å². The lowest BCUT2D eigenvalue weighted by Gasteiger charge is -2.10. The van der Waals surface area contributed by atoms with Crippen molar-refractivity contribution < 1.29 is 9.53 Å². The number of hydrogen-bond acceptors (Lipinski definition) is 3. The molecule has 0 bridgehead atoms. The Morgan fingerprint density at radius 3 is 3.00 bits per heavy atom. The van der Waals surface area contributed by atoms with Crippen molar-refractivity contribution in [2.24, 2.45) is 5.92 Å². The van der Waals surface area contributed by atoms with Gasteiger partial charge in [-0.05, 0) is 24.0 Å². The van der Waals surface area contributed by atoms with Gasteiger partial charge >= 0.3 is 5.97 Å². The van der Waals surface area contributed by atoms with Crippen molar-refractivity contribution in [3.8, 4) is 0 Å². The molecule has 1 unspecified atom stereocenters. The minimum absolute atomic E-state index is 0.0805. The SMILES string of the molecule is O=C(OCCC1CC1)C1CNc2ccccc21. The molecule has 0 spiro atoms. The van der Waals surface area contributed by atoms with E-state index in [2.05, 4.69) is 5.32 Å². The summed E-state index contributed by atoms with van der Waals surface area (Å²) in [5, 5.41) is 3.24. The number of fused-ring (bicyclic) bond motifs is 1. The van der Waals surface area contributed by atoms with Crippen LogP contribution in [0, 0.1) is 5.92 Å². The molecule has 90 valence electrons. The summed E-state index contributed by atoms with van der Waals surface area (Å²) in [5.74, 6) is 0.616. The Balaban J connectivity index is 1.58. The second kappa shape index (κ2) is 4.40. The topological polar surface area (TPSA) is 38.3 Å². The molecule has 1 fully saturated rings. The van der Waals surface area contributed by atoms with Gasteiger partial charge in [-0.3, -0.25) is 4.79 Å². The standard InChI is InChI=1S/C14H17NO2/c16-14(17-8-7-10-5-6-10)12-9-15-13-4-2-1-3-11(12)13/h1-4,10,12,15H,5-9H2. The van der Waals surface area contributed by atoms with Gasteiger partial charge in [0.15, 0.2) is 0 Å². The Morgan fingerprint density at radius 1 is 1.35 bits per heavy atom. The Labute approximate surface area is 101 Å². The number of esters is 1. The number of anilines is 1. The number of rotatable bonds is 4.